The van der Waals surface area contributed by atoms with Gasteiger partial charge >= 0.3 is 0 Å². The molecule has 0 unspecified atom stereocenters. The molecule has 1 fully saturated rings. The standard InChI is InChI=1S/C23H31FO/c1-3-5-17-25-22-16-15-21(23(24)18-22)10-7-6-9-20-13-11-19(8-4-2)12-14-20/h6,9,15-16,18-20H,3-5,8,11-14,17H2,1-2H3/b9-6+/t19-,20-. The Morgan fingerprint density at radius 1 is 1.16 bits per heavy atom. The molecule has 0 saturated heterocycles. The molecular formula is C23H31FO. The summed E-state index contributed by atoms with van der Waals surface area (Å²) in [6, 6.07) is 4.92. The summed E-state index contributed by atoms with van der Waals surface area (Å²) in [6.45, 7) is 5.00. The van der Waals surface area contributed by atoms with Gasteiger partial charge in [-0.3, -0.25) is 0 Å². The number of rotatable bonds is 7. The van der Waals surface area contributed by atoms with Gasteiger partial charge in [-0.25, -0.2) is 4.39 Å². The number of hydrogen-bond donors (Lipinski definition) is 0. The van der Waals surface area contributed by atoms with Gasteiger partial charge < -0.3 is 4.74 Å². The molecule has 0 N–H and O–H groups in total. The number of allylic oxidation sites excluding steroid dienone is 2. The van der Waals surface area contributed by atoms with Gasteiger partial charge in [0.25, 0.3) is 0 Å². The van der Waals surface area contributed by atoms with Crippen molar-refractivity contribution in [2.24, 2.45) is 11.8 Å². The molecular weight excluding hydrogens is 311 g/mol. The molecule has 136 valence electrons. The Hall–Kier alpha value is -1.75. The van der Waals surface area contributed by atoms with Gasteiger partial charge in [-0.2, -0.15) is 0 Å². The maximum atomic E-state index is 14.1. The fraction of sp³-hybridized carbons (Fsp3) is 0.565. The second kappa shape index (κ2) is 11.0. The van der Waals surface area contributed by atoms with Crippen LogP contribution in [-0.2, 0) is 0 Å². The van der Waals surface area contributed by atoms with Crippen molar-refractivity contribution in [1.29, 1.82) is 0 Å². The van der Waals surface area contributed by atoms with Crippen molar-refractivity contribution in [3.05, 3.63) is 41.7 Å². The lowest BCUT2D eigenvalue weighted by Crippen LogP contribution is -2.12. The second-order valence-electron chi connectivity index (χ2n) is 7.04. The maximum absolute atomic E-state index is 14.1. The number of hydrogen-bond acceptors (Lipinski definition) is 1. The van der Waals surface area contributed by atoms with E-state index in [4.69, 9.17) is 4.74 Å². The highest BCUT2D eigenvalue weighted by Gasteiger charge is 2.18. The molecule has 0 aliphatic heterocycles. The zero-order chi connectivity index (χ0) is 17.9. The largest absolute Gasteiger partial charge is 0.493 e. The molecule has 2 rings (SSSR count). The number of ether oxygens (including phenoxy) is 1. The summed E-state index contributed by atoms with van der Waals surface area (Å²) in [4.78, 5) is 0. The lowest BCUT2D eigenvalue weighted by Gasteiger charge is -2.26. The summed E-state index contributed by atoms with van der Waals surface area (Å²) < 4.78 is 19.6. The van der Waals surface area contributed by atoms with E-state index in [9.17, 15) is 4.39 Å². The van der Waals surface area contributed by atoms with Gasteiger partial charge in [0.15, 0.2) is 0 Å². The summed E-state index contributed by atoms with van der Waals surface area (Å²) in [5.74, 6) is 7.73. The lowest BCUT2D eigenvalue weighted by atomic mass is 9.80. The molecule has 0 heterocycles. The molecule has 0 aromatic heterocycles. The van der Waals surface area contributed by atoms with Crippen LogP contribution in [-0.4, -0.2) is 6.61 Å². The first kappa shape index (κ1) is 19.6. The Morgan fingerprint density at radius 2 is 1.96 bits per heavy atom. The highest BCUT2D eigenvalue weighted by molar-refractivity contribution is 5.41. The van der Waals surface area contributed by atoms with Crippen LogP contribution < -0.4 is 4.74 Å². The van der Waals surface area contributed by atoms with Crippen LogP contribution >= 0.6 is 0 Å². The zero-order valence-corrected chi connectivity index (χ0v) is 15.7. The smallest absolute Gasteiger partial charge is 0.142 e. The molecule has 1 aliphatic rings. The zero-order valence-electron chi connectivity index (χ0n) is 15.7. The van der Waals surface area contributed by atoms with Crippen LogP contribution in [0.25, 0.3) is 0 Å². The quantitative estimate of drug-likeness (QED) is 0.405. The molecule has 1 aromatic rings. The van der Waals surface area contributed by atoms with Gasteiger partial charge in [0.1, 0.15) is 11.6 Å². The predicted octanol–water partition coefficient (Wildman–Crippen LogP) is 6.52. The minimum atomic E-state index is -0.310. The Labute approximate surface area is 152 Å². The van der Waals surface area contributed by atoms with Crippen molar-refractivity contribution in [3.63, 3.8) is 0 Å². The molecule has 0 spiro atoms. The molecule has 0 amide bonds. The predicted molar refractivity (Wildman–Crippen MR) is 103 cm³/mol. The minimum absolute atomic E-state index is 0.310. The van der Waals surface area contributed by atoms with Crippen LogP contribution in [0.15, 0.2) is 30.4 Å². The van der Waals surface area contributed by atoms with Crippen molar-refractivity contribution >= 4 is 0 Å². The molecule has 25 heavy (non-hydrogen) atoms. The normalized spacial score (nSPS) is 20.3. The average molecular weight is 342 g/mol. The van der Waals surface area contributed by atoms with E-state index in [-0.39, 0.29) is 5.82 Å². The van der Waals surface area contributed by atoms with E-state index in [2.05, 4.69) is 31.8 Å². The summed E-state index contributed by atoms with van der Waals surface area (Å²) in [5, 5.41) is 0. The highest BCUT2D eigenvalue weighted by atomic mass is 19.1. The number of unbranched alkanes of at least 4 members (excludes halogenated alkanes) is 1. The molecule has 1 aliphatic carbocycles. The Balaban J connectivity index is 1.82. The van der Waals surface area contributed by atoms with Crippen molar-refractivity contribution in [1.82, 2.24) is 0 Å². The SMILES string of the molecule is CCCCOc1ccc(C#C/C=C/[C@H]2CC[C@H](CCC)CC2)c(F)c1. The lowest BCUT2D eigenvalue weighted by molar-refractivity contribution is 0.294. The van der Waals surface area contributed by atoms with E-state index in [1.165, 1.54) is 44.6 Å². The first-order chi connectivity index (χ1) is 12.2. The summed E-state index contributed by atoms with van der Waals surface area (Å²) in [6.07, 6.45) is 14.0. The van der Waals surface area contributed by atoms with E-state index in [1.807, 2.05) is 6.08 Å². The van der Waals surface area contributed by atoms with Crippen LogP contribution in [0.3, 0.4) is 0 Å². The van der Waals surface area contributed by atoms with E-state index >= 15 is 0 Å². The van der Waals surface area contributed by atoms with Crippen LogP contribution in [0.2, 0.25) is 0 Å². The van der Waals surface area contributed by atoms with Gasteiger partial charge in [-0.1, -0.05) is 51.0 Å². The topological polar surface area (TPSA) is 9.23 Å². The molecule has 1 saturated carbocycles. The van der Waals surface area contributed by atoms with Crippen molar-refractivity contribution in [3.8, 4) is 17.6 Å². The monoisotopic (exact) mass is 342 g/mol. The van der Waals surface area contributed by atoms with Gasteiger partial charge in [-0.15, -0.1) is 0 Å². The first-order valence-electron chi connectivity index (χ1n) is 9.83. The Bertz CT molecular complexity index is 600. The van der Waals surface area contributed by atoms with Crippen LogP contribution in [0.4, 0.5) is 4.39 Å². The van der Waals surface area contributed by atoms with Crippen LogP contribution in [0.5, 0.6) is 5.75 Å². The van der Waals surface area contributed by atoms with Gasteiger partial charge in [-0.05, 0) is 62.1 Å². The number of benzene rings is 1. The maximum Gasteiger partial charge on any atom is 0.142 e. The van der Waals surface area contributed by atoms with E-state index in [1.54, 1.807) is 12.1 Å². The molecule has 1 nitrogen and oxygen atoms in total. The molecule has 0 bridgehead atoms. The third kappa shape index (κ3) is 6.94. The molecule has 0 atom stereocenters. The van der Waals surface area contributed by atoms with Gasteiger partial charge in [0, 0.05) is 6.07 Å². The third-order valence-corrected chi connectivity index (χ3v) is 4.95. The summed E-state index contributed by atoms with van der Waals surface area (Å²) in [5.41, 5.74) is 0.430. The first-order valence-corrected chi connectivity index (χ1v) is 9.83. The van der Waals surface area contributed by atoms with Crippen molar-refractivity contribution < 1.29 is 9.13 Å². The third-order valence-electron chi connectivity index (χ3n) is 4.95. The molecule has 1 aromatic carbocycles. The summed E-state index contributed by atoms with van der Waals surface area (Å²) >= 11 is 0. The fourth-order valence-corrected chi connectivity index (χ4v) is 3.40. The number of halogens is 1. The average Bonchev–Trinajstić information content (AvgIpc) is 2.62. The summed E-state index contributed by atoms with van der Waals surface area (Å²) in [7, 11) is 0. The van der Waals surface area contributed by atoms with Crippen LogP contribution in [0, 0.1) is 29.5 Å². The minimum Gasteiger partial charge on any atom is -0.493 e. The Morgan fingerprint density at radius 3 is 2.64 bits per heavy atom. The Kier molecular flexibility index (Phi) is 8.60. The molecule has 2 heteroatoms. The highest BCUT2D eigenvalue weighted by Crippen LogP contribution is 2.32. The van der Waals surface area contributed by atoms with Crippen molar-refractivity contribution in [2.45, 2.75) is 65.2 Å². The van der Waals surface area contributed by atoms with E-state index in [0.29, 0.717) is 23.8 Å². The van der Waals surface area contributed by atoms with Crippen molar-refractivity contribution in [2.75, 3.05) is 6.61 Å². The van der Waals surface area contributed by atoms with E-state index in [0.717, 1.165) is 18.8 Å². The molecule has 0 radical (unpaired) electrons. The second-order valence-corrected chi connectivity index (χ2v) is 7.04. The van der Waals surface area contributed by atoms with E-state index < -0.39 is 0 Å². The van der Waals surface area contributed by atoms with Gasteiger partial charge in [0.05, 0.1) is 12.2 Å². The fourth-order valence-electron chi connectivity index (χ4n) is 3.40. The van der Waals surface area contributed by atoms with Crippen LogP contribution in [0.1, 0.15) is 70.8 Å². The van der Waals surface area contributed by atoms with Gasteiger partial charge in [0.2, 0.25) is 0 Å².